The van der Waals surface area contributed by atoms with Crippen molar-refractivity contribution < 1.29 is 13.2 Å². The average Bonchev–Trinajstić information content (AvgIpc) is 2.34. The first-order valence-electron chi connectivity index (χ1n) is 5.83. The molecule has 0 radical (unpaired) electrons. The molecule has 102 valence electrons. The molecule has 0 saturated heterocycles. The first kappa shape index (κ1) is 14.8. The number of sulfonamides is 1. The van der Waals surface area contributed by atoms with Crippen molar-refractivity contribution in [2.45, 2.75) is 25.2 Å². The van der Waals surface area contributed by atoms with Gasteiger partial charge in [-0.3, -0.25) is 0 Å². The number of primary sulfonamides is 1. The van der Waals surface area contributed by atoms with Crippen molar-refractivity contribution in [1.29, 1.82) is 0 Å². The van der Waals surface area contributed by atoms with Gasteiger partial charge in [-0.25, -0.2) is 13.6 Å². The van der Waals surface area contributed by atoms with Gasteiger partial charge < -0.3 is 10.1 Å². The maximum absolute atomic E-state index is 11.3. The normalized spacial score (nSPS) is 13.1. The number of nitrogens with one attached hydrogen (secondary N) is 1. The van der Waals surface area contributed by atoms with E-state index in [9.17, 15) is 8.42 Å². The zero-order valence-corrected chi connectivity index (χ0v) is 11.8. The van der Waals surface area contributed by atoms with Crippen LogP contribution in [0.4, 0.5) is 5.69 Å². The molecule has 1 atom stereocenters. The van der Waals surface area contributed by atoms with Crippen LogP contribution in [0.5, 0.6) is 5.75 Å². The SMILES string of the molecule is CCC(C)CNc1cc(S(N)(=O)=O)ccc1OC. The topological polar surface area (TPSA) is 81.4 Å². The summed E-state index contributed by atoms with van der Waals surface area (Å²) in [4.78, 5) is 0.0787. The Morgan fingerprint density at radius 1 is 1.44 bits per heavy atom. The standard InChI is InChI=1S/C12H20N2O3S/c1-4-9(2)8-14-11-7-10(18(13,15)16)5-6-12(11)17-3/h5-7,9,14H,4,8H2,1-3H3,(H2,13,15,16). The number of hydrogen-bond acceptors (Lipinski definition) is 4. The number of methoxy groups -OCH3 is 1. The number of hydrogen-bond donors (Lipinski definition) is 2. The minimum atomic E-state index is -3.69. The summed E-state index contributed by atoms with van der Waals surface area (Å²) in [6, 6.07) is 4.53. The maximum atomic E-state index is 11.3. The lowest BCUT2D eigenvalue weighted by Crippen LogP contribution is -2.14. The van der Waals surface area contributed by atoms with E-state index in [0.717, 1.165) is 13.0 Å². The molecule has 0 aliphatic carbocycles. The summed E-state index contributed by atoms with van der Waals surface area (Å²) in [5.41, 5.74) is 0.643. The lowest BCUT2D eigenvalue weighted by Gasteiger charge is -2.15. The molecule has 18 heavy (non-hydrogen) atoms. The fourth-order valence-electron chi connectivity index (χ4n) is 1.43. The van der Waals surface area contributed by atoms with E-state index in [0.29, 0.717) is 17.4 Å². The second-order valence-corrected chi connectivity index (χ2v) is 5.86. The fraction of sp³-hybridized carbons (Fsp3) is 0.500. The highest BCUT2D eigenvalue weighted by molar-refractivity contribution is 7.89. The van der Waals surface area contributed by atoms with E-state index in [1.807, 2.05) is 0 Å². The second kappa shape index (κ2) is 6.06. The lowest BCUT2D eigenvalue weighted by atomic mass is 10.1. The Balaban J connectivity index is 3.00. The minimum Gasteiger partial charge on any atom is -0.495 e. The highest BCUT2D eigenvalue weighted by atomic mass is 32.2. The summed E-state index contributed by atoms with van der Waals surface area (Å²) < 4.78 is 27.8. The summed E-state index contributed by atoms with van der Waals surface area (Å²) >= 11 is 0. The van der Waals surface area contributed by atoms with Gasteiger partial charge in [-0.05, 0) is 24.1 Å². The molecule has 0 saturated carbocycles. The van der Waals surface area contributed by atoms with Crippen LogP contribution in [0.3, 0.4) is 0 Å². The lowest BCUT2D eigenvalue weighted by molar-refractivity contribution is 0.415. The van der Waals surface area contributed by atoms with Crippen LogP contribution in [0.25, 0.3) is 0 Å². The Hall–Kier alpha value is -1.27. The molecule has 0 fully saturated rings. The van der Waals surface area contributed by atoms with Crippen LogP contribution in [-0.2, 0) is 10.0 Å². The van der Waals surface area contributed by atoms with Crippen LogP contribution < -0.4 is 15.2 Å². The molecule has 1 rings (SSSR count). The van der Waals surface area contributed by atoms with Crippen molar-refractivity contribution in [3.05, 3.63) is 18.2 Å². The maximum Gasteiger partial charge on any atom is 0.238 e. The van der Waals surface area contributed by atoms with Crippen LogP contribution in [0.1, 0.15) is 20.3 Å². The molecule has 0 spiro atoms. The van der Waals surface area contributed by atoms with Gasteiger partial charge in [-0.1, -0.05) is 20.3 Å². The first-order valence-corrected chi connectivity index (χ1v) is 7.37. The summed E-state index contributed by atoms with van der Waals surface area (Å²) in [5.74, 6) is 1.10. The Labute approximate surface area is 108 Å². The fourth-order valence-corrected chi connectivity index (χ4v) is 1.97. The molecule has 0 aliphatic rings. The van der Waals surface area contributed by atoms with Crippen molar-refractivity contribution in [3.8, 4) is 5.75 Å². The number of rotatable bonds is 6. The van der Waals surface area contributed by atoms with E-state index < -0.39 is 10.0 Å². The third-order valence-electron chi connectivity index (χ3n) is 2.84. The predicted octanol–water partition coefficient (Wildman–Crippen LogP) is 1.80. The van der Waals surface area contributed by atoms with E-state index in [1.165, 1.54) is 12.1 Å². The third kappa shape index (κ3) is 3.89. The van der Waals surface area contributed by atoms with Gasteiger partial charge in [-0.2, -0.15) is 0 Å². The molecule has 0 aromatic heterocycles. The predicted molar refractivity (Wildman–Crippen MR) is 72.3 cm³/mol. The molecule has 0 aliphatic heterocycles. The summed E-state index contributed by atoms with van der Waals surface area (Å²) in [7, 11) is -2.15. The van der Waals surface area contributed by atoms with Gasteiger partial charge in [0.15, 0.2) is 0 Å². The third-order valence-corrected chi connectivity index (χ3v) is 3.75. The molecular weight excluding hydrogens is 252 g/mol. The number of ether oxygens (including phenoxy) is 1. The molecule has 5 nitrogen and oxygen atoms in total. The van der Waals surface area contributed by atoms with Crippen LogP contribution in [-0.4, -0.2) is 22.1 Å². The zero-order valence-electron chi connectivity index (χ0n) is 10.9. The monoisotopic (exact) mass is 272 g/mol. The van der Waals surface area contributed by atoms with Crippen molar-refractivity contribution in [2.75, 3.05) is 19.0 Å². The van der Waals surface area contributed by atoms with Gasteiger partial charge >= 0.3 is 0 Å². The van der Waals surface area contributed by atoms with E-state index in [2.05, 4.69) is 19.2 Å². The Kier molecular flexibility index (Phi) is 4.98. The Bertz CT molecular complexity index is 500. The molecular formula is C12H20N2O3S. The molecule has 3 N–H and O–H groups in total. The minimum absolute atomic E-state index is 0.0787. The molecule has 6 heteroatoms. The van der Waals surface area contributed by atoms with E-state index in [-0.39, 0.29) is 4.90 Å². The number of anilines is 1. The van der Waals surface area contributed by atoms with E-state index in [1.54, 1.807) is 13.2 Å². The van der Waals surface area contributed by atoms with Crippen molar-refractivity contribution >= 4 is 15.7 Å². The first-order chi connectivity index (χ1) is 8.38. The molecule has 1 unspecified atom stereocenters. The zero-order chi connectivity index (χ0) is 13.8. The average molecular weight is 272 g/mol. The van der Waals surface area contributed by atoms with Crippen LogP contribution >= 0.6 is 0 Å². The van der Waals surface area contributed by atoms with Gasteiger partial charge in [0.1, 0.15) is 5.75 Å². The van der Waals surface area contributed by atoms with Gasteiger partial charge in [-0.15, -0.1) is 0 Å². The van der Waals surface area contributed by atoms with Crippen molar-refractivity contribution in [1.82, 2.24) is 0 Å². The van der Waals surface area contributed by atoms with Crippen molar-refractivity contribution in [3.63, 3.8) is 0 Å². The number of benzene rings is 1. The molecule has 0 bridgehead atoms. The van der Waals surface area contributed by atoms with Crippen LogP contribution in [0.2, 0.25) is 0 Å². The molecule has 0 heterocycles. The number of nitrogens with two attached hydrogens (primary N) is 1. The van der Waals surface area contributed by atoms with Gasteiger partial charge in [0, 0.05) is 6.54 Å². The summed E-state index contributed by atoms with van der Waals surface area (Å²) in [6.45, 7) is 4.97. The van der Waals surface area contributed by atoms with E-state index >= 15 is 0 Å². The van der Waals surface area contributed by atoms with Crippen LogP contribution in [0, 0.1) is 5.92 Å². The molecule has 1 aromatic carbocycles. The van der Waals surface area contributed by atoms with Crippen molar-refractivity contribution in [2.24, 2.45) is 11.1 Å². The second-order valence-electron chi connectivity index (χ2n) is 4.30. The summed E-state index contributed by atoms with van der Waals surface area (Å²) in [5, 5.41) is 8.29. The van der Waals surface area contributed by atoms with Gasteiger partial charge in [0.05, 0.1) is 17.7 Å². The summed E-state index contributed by atoms with van der Waals surface area (Å²) in [6.07, 6.45) is 1.05. The largest absolute Gasteiger partial charge is 0.495 e. The Morgan fingerprint density at radius 2 is 2.11 bits per heavy atom. The Morgan fingerprint density at radius 3 is 2.61 bits per heavy atom. The highest BCUT2D eigenvalue weighted by Crippen LogP contribution is 2.27. The highest BCUT2D eigenvalue weighted by Gasteiger charge is 2.12. The quantitative estimate of drug-likeness (QED) is 0.827. The van der Waals surface area contributed by atoms with Gasteiger partial charge in [0.2, 0.25) is 10.0 Å². The van der Waals surface area contributed by atoms with Crippen LogP contribution in [0.15, 0.2) is 23.1 Å². The molecule has 1 aromatic rings. The van der Waals surface area contributed by atoms with E-state index in [4.69, 9.17) is 9.88 Å². The smallest absolute Gasteiger partial charge is 0.238 e. The molecule has 0 amide bonds. The van der Waals surface area contributed by atoms with Gasteiger partial charge in [0.25, 0.3) is 0 Å².